The maximum absolute atomic E-state index is 13.9. The summed E-state index contributed by atoms with van der Waals surface area (Å²) in [5, 5.41) is 16.5. The zero-order valence-electron chi connectivity index (χ0n) is 39.0. The van der Waals surface area contributed by atoms with Crippen molar-refractivity contribution in [1.29, 1.82) is 0 Å². The number of unbranched alkanes of at least 4 members (excludes halogenated alkanes) is 1. The number of thioether (sulfide) groups is 1. The Morgan fingerprint density at radius 3 is 2.29 bits per heavy atom. The van der Waals surface area contributed by atoms with Gasteiger partial charge in [-0.05, 0) is 129 Å². The van der Waals surface area contributed by atoms with Crippen molar-refractivity contribution in [2.45, 2.75) is 125 Å². The summed E-state index contributed by atoms with van der Waals surface area (Å²) in [5.41, 5.74) is 15.4. The Labute approximate surface area is 380 Å². The second-order valence-electron chi connectivity index (χ2n) is 17.2. The van der Waals surface area contributed by atoms with Crippen molar-refractivity contribution in [2.24, 2.45) is 16.1 Å². The first-order valence-corrected chi connectivity index (χ1v) is 23.4. The molecule has 0 saturated carbocycles. The second-order valence-corrected chi connectivity index (χ2v) is 17.8. The lowest BCUT2D eigenvalue weighted by molar-refractivity contribution is -0.144. The molecule has 0 bridgehead atoms. The third-order valence-corrected chi connectivity index (χ3v) is 11.4. The molecule has 6 N–H and O–H groups in total. The molecule has 3 aromatic rings. The first-order valence-electron chi connectivity index (χ1n) is 22.1. The van der Waals surface area contributed by atoms with E-state index in [1.165, 1.54) is 5.56 Å². The number of anilines is 1. The van der Waals surface area contributed by atoms with Crippen molar-refractivity contribution in [3.8, 4) is 11.1 Å². The molecule has 63 heavy (non-hydrogen) atoms. The van der Waals surface area contributed by atoms with Crippen molar-refractivity contribution >= 4 is 52.7 Å². The Bertz CT molecular complexity index is 1990. The largest absolute Gasteiger partial charge is 0.400 e. The van der Waals surface area contributed by atoms with Gasteiger partial charge in [0.05, 0.1) is 5.55 Å². The summed E-state index contributed by atoms with van der Waals surface area (Å²) in [6.45, 7) is 15.9. The summed E-state index contributed by atoms with van der Waals surface area (Å²) in [4.78, 5) is 58.7. The van der Waals surface area contributed by atoms with Crippen LogP contribution in [-0.2, 0) is 32.1 Å². The van der Waals surface area contributed by atoms with Gasteiger partial charge in [-0.25, -0.2) is 0 Å². The molecule has 13 heteroatoms. The van der Waals surface area contributed by atoms with Gasteiger partial charge in [-0.2, -0.15) is 0 Å². The number of likely N-dealkylation sites (tertiary alicyclic amines) is 1. The molecule has 1 heterocycles. The summed E-state index contributed by atoms with van der Waals surface area (Å²) in [6, 6.07) is 19.2. The van der Waals surface area contributed by atoms with Crippen LogP contribution in [-0.4, -0.2) is 90.4 Å². The van der Waals surface area contributed by atoms with Crippen molar-refractivity contribution in [3.05, 3.63) is 94.2 Å². The lowest BCUT2D eigenvalue weighted by atomic mass is 9.85. The SMILES string of the molecule is CCC(C)Nc1cc(-c2ccc(CCCOCCCCC(=O)NC(C(=O)N3CCCC3C(=O)NCc3ccc(/C=C(\C)N=CSC)cc3)C(C)(C)C)cc2)cc(C(N)=O)c1C.CO. The predicted octanol–water partition coefficient (Wildman–Crippen LogP) is 8.29. The smallest absolute Gasteiger partial charge is 0.249 e. The van der Waals surface area contributed by atoms with Crippen LogP contribution in [0.3, 0.4) is 0 Å². The minimum absolute atomic E-state index is 0.180. The average Bonchev–Trinajstić information content (AvgIpc) is 3.77. The quantitative estimate of drug-likeness (QED) is 0.0381. The number of hydrogen-bond donors (Lipinski definition) is 5. The van der Waals surface area contributed by atoms with Crippen LogP contribution in [0, 0.1) is 12.3 Å². The molecule has 3 unspecified atom stereocenters. The van der Waals surface area contributed by atoms with Gasteiger partial charge >= 0.3 is 0 Å². The van der Waals surface area contributed by atoms with Crippen LogP contribution in [0.5, 0.6) is 0 Å². The molecule has 1 aliphatic rings. The van der Waals surface area contributed by atoms with E-state index in [-0.39, 0.29) is 30.2 Å². The van der Waals surface area contributed by atoms with Gasteiger partial charge in [0.15, 0.2) is 0 Å². The molecule has 0 radical (unpaired) electrons. The Balaban J connectivity index is 0.00000520. The number of aliphatic imine (C=N–C) groups is 1. The number of nitrogens with one attached hydrogen (secondary N) is 3. The first kappa shape index (κ1) is 52.4. The van der Waals surface area contributed by atoms with Crippen LogP contribution >= 0.6 is 11.8 Å². The molecular weight excluding hydrogens is 813 g/mol. The molecule has 1 fully saturated rings. The van der Waals surface area contributed by atoms with E-state index < -0.39 is 23.4 Å². The van der Waals surface area contributed by atoms with Crippen LogP contribution in [0.1, 0.15) is 119 Å². The molecule has 3 aromatic carbocycles. The van der Waals surface area contributed by atoms with Gasteiger partial charge in [-0.3, -0.25) is 24.2 Å². The topological polar surface area (TPSA) is 175 Å². The number of allylic oxidation sites excluding steroid dienone is 1. The number of rotatable bonds is 22. The predicted molar refractivity (Wildman–Crippen MR) is 260 cm³/mol. The second kappa shape index (κ2) is 26.6. The fraction of sp³-hybridized carbons (Fsp3) is 0.500. The highest BCUT2D eigenvalue weighted by molar-refractivity contribution is 8.11. The molecule has 1 aliphatic heterocycles. The molecule has 0 spiro atoms. The van der Waals surface area contributed by atoms with E-state index >= 15 is 0 Å². The van der Waals surface area contributed by atoms with E-state index in [4.69, 9.17) is 15.6 Å². The third-order valence-electron chi connectivity index (χ3n) is 11.1. The van der Waals surface area contributed by atoms with Gasteiger partial charge in [-0.1, -0.05) is 76.2 Å². The lowest BCUT2D eigenvalue weighted by Gasteiger charge is -2.35. The number of carbonyl (C=O) groups excluding carboxylic acids is 4. The zero-order chi connectivity index (χ0) is 46.5. The van der Waals surface area contributed by atoms with Gasteiger partial charge < -0.3 is 36.4 Å². The van der Waals surface area contributed by atoms with Gasteiger partial charge in [0, 0.05) is 62.8 Å². The van der Waals surface area contributed by atoms with Crippen LogP contribution < -0.4 is 21.7 Å². The maximum atomic E-state index is 13.9. The number of aliphatic hydroxyl groups excluding tert-OH is 1. The lowest BCUT2D eigenvalue weighted by Crippen LogP contribution is -2.57. The van der Waals surface area contributed by atoms with E-state index in [2.05, 4.69) is 65.1 Å². The first-order chi connectivity index (χ1) is 30.1. The molecule has 1 saturated heterocycles. The van der Waals surface area contributed by atoms with E-state index in [1.807, 2.05) is 77.3 Å². The van der Waals surface area contributed by atoms with Gasteiger partial charge in [-0.15, -0.1) is 11.8 Å². The third kappa shape index (κ3) is 16.9. The highest BCUT2D eigenvalue weighted by Gasteiger charge is 2.41. The number of aryl methyl sites for hydroxylation is 1. The molecule has 0 aliphatic carbocycles. The number of ether oxygens (including phenoxy) is 1. The molecule has 344 valence electrons. The number of hydrogen-bond acceptors (Lipinski definition) is 9. The van der Waals surface area contributed by atoms with E-state index in [9.17, 15) is 19.2 Å². The monoisotopic (exact) mass is 885 g/mol. The van der Waals surface area contributed by atoms with E-state index in [0.29, 0.717) is 44.7 Å². The number of nitrogens with two attached hydrogens (primary N) is 1. The highest BCUT2D eigenvalue weighted by atomic mass is 32.2. The van der Waals surface area contributed by atoms with Crippen molar-refractivity contribution < 1.29 is 29.0 Å². The number of primary amides is 1. The highest BCUT2D eigenvalue weighted by Crippen LogP contribution is 2.30. The minimum atomic E-state index is -0.753. The Hall–Kier alpha value is -4.98. The number of nitrogens with zero attached hydrogens (tertiary/aromatic N) is 2. The summed E-state index contributed by atoms with van der Waals surface area (Å²) in [6.07, 6.45) is 9.63. The zero-order valence-corrected chi connectivity index (χ0v) is 39.8. The summed E-state index contributed by atoms with van der Waals surface area (Å²) < 4.78 is 5.90. The maximum Gasteiger partial charge on any atom is 0.249 e. The summed E-state index contributed by atoms with van der Waals surface area (Å²) in [7, 11) is 1.00. The minimum Gasteiger partial charge on any atom is -0.400 e. The molecular formula is C50H72N6O6S. The Morgan fingerprint density at radius 2 is 1.65 bits per heavy atom. The molecule has 3 atom stereocenters. The van der Waals surface area contributed by atoms with Crippen LogP contribution in [0.2, 0.25) is 0 Å². The van der Waals surface area contributed by atoms with Crippen LogP contribution in [0.4, 0.5) is 5.69 Å². The number of benzene rings is 3. The summed E-state index contributed by atoms with van der Waals surface area (Å²) >= 11 is 1.55. The van der Waals surface area contributed by atoms with E-state index in [0.717, 1.165) is 78.4 Å². The van der Waals surface area contributed by atoms with Crippen LogP contribution in [0.15, 0.2) is 71.4 Å². The molecule has 4 rings (SSSR count). The van der Waals surface area contributed by atoms with Crippen LogP contribution in [0.25, 0.3) is 17.2 Å². The summed E-state index contributed by atoms with van der Waals surface area (Å²) in [5.74, 6) is -1.02. The molecule has 0 aromatic heterocycles. The van der Waals surface area contributed by atoms with E-state index in [1.54, 1.807) is 22.2 Å². The Kier molecular flexibility index (Phi) is 22.1. The number of carbonyl (C=O) groups is 4. The Morgan fingerprint density at radius 1 is 0.984 bits per heavy atom. The van der Waals surface area contributed by atoms with Crippen molar-refractivity contribution in [1.82, 2.24) is 15.5 Å². The fourth-order valence-electron chi connectivity index (χ4n) is 7.29. The van der Waals surface area contributed by atoms with Gasteiger partial charge in [0.25, 0.3) is 0 Å². The van der Waals surface area contributed by atoms with Crippen molar-refractivity contribution in [2.75, 3.05) is 38.4 Å². The molecule has 4 amide bonds. The normalized spacial score (nSPS) is 15.0. The average molecular weight is 885 g/mol. The molecule has 12 nitrogen and oxygen atoms in total. The number of amides is 4. The fourth-order valence-corrected chi connectivity index (χ4v) is 7.56. The van der Waals surface area contributed by atoms with Crippen molar-refractivity contribution in [3.63, 3.8) is 0 Å². The van der Waals surface area contributed by atoms with Gasteiger partial charge in [0.1, 0.15) is 12.1 Å². The number of aliphatic hydroxyl groups is 1. The van der Waals surface area contributed by atoms with Gasteiger partial charge in [0.2, 0.25) is 23.6 Å². The standard InChI is InChI=1S/C49H68N6O5S.CH4O/c1-9-33(2)53-42-30-40(29-41(35(42)4)46(50)57)39-23-21-36(22-24-39)14-13-27-60-26-11-10-16-44(56)54-45(49(5,6)7)48(59)55-25-12-15-43(55)47(58)51-31-38-19-17-37(18-20-38)28-34(3)52-32-61-8;1-2/h17-24,28-30,32-33,43,45,53H,9-16,25-27,31H2,1-8H3,(H2,50,57)(H,51,58)(H,54,56);2H,1H3/b34-28+,52-32?;.